The van der Waals surface area contributed by atoms with Gasteiger partial charge in [-0.15, -0.1) is 10.2 Å². The Morgan fingerprint density at radius 3 is 2.28 bits per heavy atom. The first-order valence-electron chi connectivity index (χ1n) is 10.7. The van der Waals surface area contributed by atoms with E-state index in [1.54, 1.807) is 18.9 Å². The van der Waals surface area contributed by atoms with Gasteiger partial charge in [0, 0.05) is 12.3 Å². The molecule has 1 heterocycles. The highest BCUT2D eigenvalue weighted by molar-refractivity contribution is 7.98. The molecule has 0 amide bonds. The molecule has 1 aromatic heterocycles. The SMILES string of the molecule is COc1cccc(CSc2nnc([C@@H](N)Cc3ccccc3)n2CCc2ccccc2)c1. The van der Waals surface area contributed by atoms with E-state index in [2.05, 4.69) is 63.3 Å². The van der Waals surface area contributed by atoms with Crippen LogP contribution in [0.15, 0.2) is 90.1 Å². The fraction of sp³-hybridized carbons (Fsp3) is 0.231. The van der Waals surface area contributed by atoms with Crippen molar-refractivity contribution >= 4 is 11.8 Å². The molecule has 4 rings (SSSR count). The summed E-state index contributed by atoms with van der Waals surface area (Å²) >= 11 is 1.68. The van der Waals surface area contributed by atoms with Crippen LogP contribution < -0.4 is 10.5 Å². The number of aryl methyl sites for hydroxylation is 1. The highest BCUT2D eigenvalue weighted by atomic mass is 32.2. The molecule has 164 valence electrons. The van der Waals surface area contributed by atoms with Crippen LogP contribution in [-0.2, 0) is 25.1 Å². The van der Waals surface area contributed by atoms with Gasteiger partial charge in [0.25, 0.3) is 0 Å². The van der Waals surface area contributed by atoms with E-state index in [9.17, 15) is 0 Å². The van der Waals surface area contributed by atoms with Crippen molar-refractivity contribution < 1.29 is 4.74 Å². The van der Waals surface area contributed by atoms with Crippen molar-refractivity contribution in [3.63, 3.8) is 0 Å². The molecule has 4 aromatic rings. The minimum absolute atomic E-state index is 0.216. The molecule has 5 nitrogen and oxygen atoms in total. The maximum absolute atomic E-state index is 6.61. The summed E-state index contributed by atoms with van der Waals surface area (Å²) in [5.74, 6) is 2.48. The third-order valence-electron chi connectivity index (χ3n) is 5.34. The molecule has 2 N–H and O–H groups in total. The van der Waals surface area contributed by atoms with Crippen molar-refractivity contribution in [2.45, 2.75) is 36.3 Å². The smallest absolute Gasteiger partial charge is 0.191 e. The maximum atomic E-state index is 6.61. The van der Waals surface area contributed by atoms with Crippen LogP contribution >= 0.6 is 11.8 Å². The van der Waals surface area contributed by atoms with E-state index in [0.29, 0.717) is 0 Å². The van der Waals surface area contributed by atoms with E-state index in [-0.39, 0.29) is 6.04 Å². The van der Waals surface area contributed by atoms with Crippen LogP contribution in [0, 0.1) is 0 Å². The predicted molar refractivity (Wildman–Crippen MR) is 130 cm³/mol. The van der Waals surface area contributed by atoms with Gasteiger partial charge in [0.2, 0.25) is 0 Å². The fourth-order valence-electron chi connectivity index (χ4n) is 3.65. The van der Waals surface area contributed by atoms with Gasteiger partial charge in [-0.1, -0.05) is 84.6 Å². The van der Waals surface area contributed by atoms with Crippen LogP contribution in [-0.4, -0.2) is 21.9 Å². The third-order valence-corrected chi connectivity index (χ3v) is 6.38. The summed E-state index contributed by atoms with van der Waals surface area (Å²) < 4.78 is 7.54. The van der Waals surface area contributed by atoms with Gasteiger partial charge in [0.15, 0.2) is 11.0 Å². The standard InChI is InChI=1S/C26H28N4OS/c1-31-23-14-8-13-22(17-23)19-32-26-29-28-25(24(27)18-21-11-6-3-7-12-21)30(26)16-15-20-9-4-2-5-10-20/h2-14,17,24H,15-16,18-19,27H2,1H3/t24-/m0/s1. The molecular formula is C26H28N4OS. The first-order valence-corrected chi connectivity index (χ1v) is 11.7. The van der Waals surface area contributed by atoms with Crippen molar-refractivity contribution in [1.82, 2.24) is 14.8 Å². The van der Waals surface area contributed by atoms with E-state index in [1.165, 1.54) is 16.7 Å². The predicted octanol–water partition coefficient (Wildman–Crippen LogP) is 5.06. The first-order chi connectivity index (χ1) is 15.7. The van der Waals surface area contributed by atoms with Gasteiger partial charge in [-0.2, -0.15) is 0 Å². The Kier molecular flexibility index (Phi) is 7.59. The van der Waals surface area contributed by atoms with Crippen LogP contribution in [0.3, 0.4) is 0 Å². The number of nitrogens with two attached hydrogens (primary N) is 1. The molecule has 6 heteroatoms. The molecule has 0 bridgehead atoms. The van der Waals surface area contributed by atoms with Crippen LogP contribution in [0.4, 0.5) is 0 Å². The van der Waals surface area contributed by atoms with Gasteiger partial charge in [-0.3, -0.25) is 0 Å². The number of hydrogen-bond acceptors (Lipinski definition) is 5. The van der Waals surface area contributed by atoms with E-state index in [4.69, 9.17) is 10.5 Å². The normalized spacial score (nSPS) is 11.9. The fourth-order valence-corrected chi connectivity index (χ4v) is 4.56. The van der Waals surface area contributed by atoms with Gasteiger partial charge in [-0.05, 0) is 41.7 Å². The number of aromatic nitrogens is 3. The molecule has 0 aliphatic heterocycles. The largest absolute Gasteiger partial charge is 0.497 e. The molecule has 1 atom stereocenters. The Bertz CT molecular complexity index is 1120. The Balaban J connectivity index is 1.54. The number of ether oxygens (including phenoxy) is 1. The molecule has 32 heavy (non-hydrogen) atoms. The summed E-state index contributed by atoms with van der Waals surface area (Å²) in [6, 6.07) is 28.7. The summed E-state index contributed by atoms with van der Waals surface area (Å²) in [6.45, 7) is 0.787. The highest BCUT2D eigenvalue weighted by Gasteiger charge is 2.19. The zero-order valence-corrected chi connectivity index (χ0v) is 19.0. The number of rotatable bonds is 10. The average Bonchev–Trinajstić information content (AvgIpc) is 3.26. The van der Waals surface area contributed by atoms with Crippen molar-refractivity contribution in [1.29, 1.82) is 0 Å². The summed E-state index contributed by atoms with van der Waals surface area (Å²) in [5, 5.41) is 9.92. The molecule has 0 unspecified atom stereocenters. The van der Waals surface area contributed by atoms with E-state index in [0.717, 1.165) is 41.9 Å². The molecule has 3 aromatic carbocycles. The van der Waals surface area contributed by atoms with Crippen molar-refractivity contribution in [3.05, 3.63) is 107 Å². The summed E-state index contributed by atoms with van der Waals surface area (Å²) in [7, 11) is 1.69. The summed E-state index contributed by atoms with van der Waals surface area (Å²) in [6.07, 6.45) is 1.63. The minimum atomic E-state index is -0.216. The number of methoxy groups -OCH3 is 1. The average molecular weight is 445 g/mol. The van der Waals surface area contributed by atoms with Gasteiger partial charge in [0.05, 0.1) is 13.2 Å². The van der Waals surface area contributed by atoms with Crippen LogP contribution in [0.5, 0.6) is 5.75 Å². The lowest BCUT2D eigenvalue weighted by molar-refractivity contribution is 0.414. The molecule has 0 saturated carbocycles. The van der Waals surface area contributed by atoms with Crippen molar-refractivity contribution in [2.75, 3.05) is 7.11 Å². The minimum Gasteiger partial charge on any atom is -0.497 e. The number of benzene rings is 3. The molecular weight excluding hydrogens is 416 g/mol. The van der Waals surface area contributed by atoms with Gasteiger partial charge >= 0.3 is 0 Å². The maximum Gasteiger partial charge on any atom is 0.191 e. The zero-order valence-electron chi connectivity index (χ0n) is 18.2. The lowest BCUT2D eigenvalue weighted by Crippen LogP contribution is -2.20. The molecule has 0 fully saturated rings. The number of hydrogen-bond donors (Lipinski definition) is 1. The lowest BCUT2D eigenvalue weighted by atomic mass is 10.1. The quantitative estimate of drug-likeness (QED) is 0.346. The zero-order chi connectivity index (χ0) is 22.2. The third kappa shape index (κ3) is 5.78. The molecule has 0 radical (unpaired) electrons. The molecule has 0 saturated heterocycles. The number of thioether (sulfide) groups is 1. The Labute approximate surface area is 193 Å². The summed E-state index contributed by atoms with van der Waals surface area (Å²) in [4.78, 5) is 0. The second kappa shape index (κ2) is 11.0. The van der Waals surface area contributed by atoms with E-state index >= 15 is 0 Å². The van der Waals surface area contributed by atoms with E-state index in [1.807, 2.05) is 36.4 Å². The van der Waals surface area contributed by atoms with Gasteiger partial charge in [-0.25, -0.2) is 0 Å². The Morgan fingerprint density at radius 2 is 1.56 bits per heavy atom. The lowest BCUT2D eigenvalue weighted by Gasteiger charge is -2.15. The highest BCUT2D eigenvalue weighted by Crippen LogP contribution is 2.26. The Morgan fingerprint density at radius 1 is 0.875 bits per heavy atom. The van der Waals surface area contributed by atoms with Crippen LogP contribution in [0.1, 0.15) is 28.6 Å². The second-order valence-corrected chi connectivity index (χ2v) is 8.61. The topological polar surface area (TPSA) is 66.0 Å². The van der Waals surface area contributed by atoms with Crippen molar-refractivity contribution in [2.24, 2.45) is 5.73 Å². The van der Waals surface area contributed by atoms with Crippen LogP contribution in [0.2, 0.25) is 0 Å². The molecule has 0 aliphatic rings. The van der Waals surface area contributed by atoms with Gasteiger partial charge < -0.3 is 15.0 Å². The van der Waals surface area contributed by atoms with Gasteiger partial charge in [0.1, 0.15) is 5.75 Å². The van der Waals surface area contributed by atoms with Crippen LogP contribution in [0.25, 0.3) is 0 Å². The van der Waals surface area contributed by atoms with Crippen molar-refractivity contribution in [3.8, 4) is 5.75 Å². The molecule has 0 aliphatic carbocycles. The first kappa shape index (κ1) is 22.1. The Hall–Kier alpha value is -3.09. The number of nitrogens with zero attached hydrogens (tertiary/aromatic N) is 3. The monoisotopic (exact) mass is 444 g/mol. The van der Waals surface area contributed by atoms with E-state index < -0.39 is 0 Å². The molecule has 0 spiro atoms. The summed E-state index contributed by atoms with van der Waals surface area (Å²) in [5.41, 5.74) is 10.3. The second-order valence-electron chi connectivity index (χ2n) is 7.66.